The Kier molecular flexibility index (Phi) is 13.4. The van der Waals surface area contributed by atoms with Crippen LogP contribution in [0.3, 0.4) is 0 Å². The first-order valence-corrected chi connectivity index (χ1v) is 10.0. The third-order valence-electron chi connectivity index (χ3n) is 3.36. The predicted molar refractivity (Wildman–Crippen MR) is 87.4 cm³/mol. The van der Waals surface area contributed by atoms with Crippen molar-refractivity contribution in [3.63, 3.8) is 0 Å². The lowest BCUT2D eigenvalue weighted by Crippen LogP contribution is -2.33. The third kappa shape index (κ3) is 14.5. The zero-order chi connectivity index (χ0) is 16.0. The maximum absolute atomic E-state index is 11.3. The van der Waals surface area contributed by atoms with E-state index in [1.54, 1.807) is 6.92 Å². The summed E-state index contributed by atoms with van der Waals surface area (Å²) in [5.41, 5.74) is 0. The number of aliphatic hydroxyl groups excluding tert-OH is 1. The van der Waals surface area contributed by atoms with Crippen LogP contribution >= 0.6 is 0 Å². The van der Waals surface area contributed by atoms with Crippen molar-refractivity contribution in [2.75, 3.05) is 37.8 Å². The van der Waals surface area contributed by atoms with Crippen LogP contribution in [-0.2, 0) is 14.6 Å². The zero-order valence-corrected chi connectivity index (χ0v) is 14.5. The van der Waals surface area contributed by atoms with E-state index in [-0.39, 0.29) is 11.5 Å². The largest absolute Gasteiger partial charge is 0.389 e. The van der Waals surface area contributed by atoms with Crippen molar-refractivity contribution in [3.05, 3.63) is 0 Å². The molecule has 0 amide bonds. The van der Waals surface area contributed by atoms with E-state index in [0.717, 1.165) is 6.42 Å². The lowest BCUT2D eigenvalue weighted by Gasteiger charge is -2.12. The van der Waals surface area contributed by atoms with Crippen molar-refractivity contribution >= 4 is 9.84 Å². The first-order chi connectivity index (χ1) is 10.0. The van der Waals surface area contributed by atoms with E-state index in [1.807, 2.05) is 0 Å². The molecule has 0 radical (unpaired) electrons. The van der Waals surface area contributed by atoms with E-state index >= 15 is 0 Å². The molecule has 5 nitrogen and oxygen atoms in total. The summed E-state index contributed by atoms with van der Waals surface area (Å²) < 4.78 is 27.9. The van der Waals surface area contributed by atoms with E-state index in [9.17, 15) is 13.5 Å². The maximum atomic E-state index is 11.3. The average Bonchev–Trinajstić information content (AvgIpc) is 2.46. The molecule has 0 aromatic carbocycles. The first-order valence-electron chi connectivity index (χ1n) is 8.18. The van der Waals surface area contributed by atoms with Gasteiger partial charge in [-0.1, -0.05) is 46.0 Å². The summed E-state index contributed by atoms with van der Waals surface area (Å²) in [5.74, 6) is 0.285. The van der Waals surface area contributed by atoms with Gasteiger partial charge in [-0.3, -0.25) is 0 Å². The molecule has 1 atom stereocenters. The Labute approximate surface area is 130 Å². The fourth-order valence-electron chi connectivity index (χ4n) is 1.90. The molecule has 6 heteroatoms. The molecule has 0 spiro atoms. The Hall–Kier alpha value is -0.170. The molecule has 0 bridgehead atoms. The Morgan fingerprint density at radius 2 is 1.76 bits per heavy atom. The smallest absolute Gasteiger partial charge is 0.151 e. The summed E-state index contributed by atoms with van der Waals surface area (Å²) in [7, 11) is -2.93. The molecule has 1 unspecified atom stereocenters. The average molecular weight is 323 g/mol. The van der Waals surface area contributed by atoms with Crippen LogP contribution in [0, 0.1) is 0 Å². The fourth-order valence-corrected chi connectivity index (χ4v) is 2.65. The van der Waals surface area contributed by atoms with Gasteiger partial charge in [0.15, 0.2) is 9.84 Å². The summed E-state index contributed by atoms with van der Waals surface area (Å²) in [6, 6.07) is 0. The van der Waals surface area contributed by atoms with Crippen molar-refractivity contribution in [1.29, 1.82) is 0 Å². The molecule has 0 aliphatic carbocycles. The molecule has 0 fully saturated rings. The zero-order valence-electron chi connectivity index (χ0n) is 13.6. The Morgan fingerprint density at radius 3 is 2.43 bits per heavy atom. The third-order valence-corrected chi connectivity index (χ3v) is 5.07. The van der Waals surface area contributed by atoms with E-state index in [1.165, 1.54) is 32.1 Å². The van der Waals surface area contributed by atoms with E-state index in [4.69, 9.17) is 4.74 Å². The number of rotatable bonds is 15. The molecule has 21 heavy (non-hydrogen) atoms. The van der Waals surface area contributed by atoms with Crippen LogP contribution in [0.4, 0.5) is 0 Å². The van der Waals surface area contributed by atoms with Crippen molar-refractivity contribution in [2.24, 2.45) is 0 Å². The van der Waals surface area contributed by atoms with Gasteiger partial charge >= 0.3 is 0 Å². The van der Waals surface area contributed by atoms with Crippen LogP contribution in [0.25, 0.3) is 0 Å². The molecule has 0 saturated heterocycles. The molecule has 0 aromatic heterocycles. The van der Waals surface area contributed by atoms with Gasteiger partial charge in [0.2, 0.25) is 0 Å². The standard InChI is InChI=1S/C15H33NO4S/c1-3-5-6-7-8-9-11-20-14-15(17)13-16-10-12-21(18,19)4-2/h15-17H,3-14H2,1-2H3. The summed E-state index contributed by atoms with van der Waals surface area (Å²) in [4.78, 5) is 0. The second-order valence-electron chi connectivity index (χ2n) is 5.44. The van der Waals surface area contributed by atoms with Crippen LogP contribution < -0.4 is 5.32 Å². The number of hydrogen-bond donors (Lipinski definition) is 2. The number of sulfone groups is 1. The lowest BCUT2D eigenvalue weighted by atomic mass is 10.1. The van der Waals surface area contributed by atoms with Gasteiger partial charge < -0.3 is 15.2 Å². The number of nitrogens with one attached hydrogen (secondary N) is 1. The van der Waals surface area contributed by atoms with Gasteiger partial charge in [-0.25, -0.2) is 8.42 Å². The molecule has 128 valence electrons. The molecule has 0 aliphatic rings. The highest BCUT2D eigenvalue weighted by Gasteiger charge is 2.08. The van der Waals surface area contributed by atoms with Crippen LogP contribution in [-0.4, -0.2) is 57.4 Å². The van der Waals surface area contributed by atoms with Crippen molar-refractivity contribution in [3.8, 4) is 0 Å². The first kappa shape index (κ1) is 20.8. The van der Waals surface area contributed by atoms with Gasteiger partial charge in [-0.05, 0) is 6.42 Å². The Bertz CT molecular complexity index is 320. The Morgan fingerprint density at radius 1 is 1.10 bits per heavy atom. The summed E-state index contributed by atoms with van der Waals surface area (Å²) in [5, 5.41) is 12.6. The maximum Gasteiger partial charge on any atom is 0.151 e. The monoisotopic (exact) mass is 323 g/mol. The number of ether oxygens (including phenoxy) is 1. The lowest BCUT2D eigenvalue weighted by molar-refractivity contribution is 0.0357. The van der Waals surface area contributed by atoms with Gasteiger partial charge in [-0.2, -0.15) is 0 Å². The van der Waals surface area contributed by atoms with Gasteiger partial charge in [0, 0.05) is 25.4 Å². The van der Waals surface area contributed by atoms with Gasteiger partial charge in [0.1, 0.15) is 0 Å². The minimum atomic E-state index is -2.93. The number of aliphatic hydroxyl groups is 1. The second kappa shape index (κ2) is 13.5. The molecule has 2 N–H and O–H groups in total. The summed E-state index contributed by atoms with van der Waals surface area (Å²) >= 11 is 0. The quantitative estimate of drug-likeness (QED) is 0.449. The normalized spacial score (nSPS) is 13.5. The summed E-state index contributed by atoms with van der Waals surface area (Å²) in [6.07, 6.45) is 6.77. The van der Waals surface area contributed by atoms with Crippen LogP contribution in [0.5, 0.6) is 0 Å². The van der Waals surface area contributed by atoms with Gasteiger partial charge in [0.25, 0.3) is 0 Å². The summed E-state index contributed by atoms with van der Waals surface area (Å²) in [6.45, 7) is 5.59. The predicted octanol–water partition coefficient (Wildman–Crippen LogP) is 1.75. The highest BCUT2D eigenvalue weighted by Crippen LogP contribution is 2.04. The van der Waals surface area contributed by atoms with Crippen LogP contribution in [0.1, 0.15) is 52.4 Å². The molecular weight excluding hydrogens is 290 g/mol. The molecule has 0 aliphatic heterocycles. The van der Waals surface area contributed by atoms with Gasteiger partial charge in [0.05, 0.1) is 18.5 Å². The van der Waals surface area contributed by atoms with Crippen molar-refractivity contribution < 1.29 is 18.3 Å². The highest BCUT2D eigenvalue weighted by molar-refractivity contribution is 7.91. The van der Waals surface area contributed by atoms with E-state index in [2.05, 4.69) is 12.2 Å². The Balaban J connectivity index is 3.33. The molecule has 0 heterocycles. The van der Waals surface area contributed by atoms with Crippen LogP contribution in [0.2, 0.25) is 0 Å². The SMILES string of the molecule is CCCCCCCCOCC(O)CNCCS(=O)(=O)CC. The second-order valence-corrected chi connectivity index (χ2v) is 7.91. The van der Waals surface area contributed by atoms with Crippen LogP contribution in [0.15, 0.2) is 0 Å². The molecule has 0 saturated carbocycles. The van der Waals surface area contributed by atoms with Gasteiger partial charge in [-0.15, -0.1) is 0 Å². The number of hydrogen-bond acceptors (Lipinski definition) is 5. The van der Waals surface area contributed by atoms with Crippen molar-refractivity contribution in [2.45, 2.75) is 58.5 Å². The topological polar surface area (TPSA) is 75.6 Å². The minimum Gasteiger partial charge on any atom is -0.389 e. The van der Waals surface area contributed by atoms with E-state index < -0.39 is 15.9 Å². The molecule has 0 rings (SSSR count). The number of unbranched alkanes of at least 4 members (excludes halogenated alkanes) is 5. The minimum absolute atomic E-state index is 0.120. The van der Waals surface area contributed by atoms with E-state index in [0.29, 0.717) is 26.3 Å². The fraction of sp³-hybridized carbons (Fsp3) is 1.00. The highest BCUT2D eigenvalue weighted by atomic mass is 32.2. The molecular formula is C15H33NO4S. The van der Waals surface area contributed by atoms with Crippen molar-refractivity contribution in [1.82, 2.24) is 5.32 Å². The molecule has 0 aromatic rings.